The summed E-state index contributed by atoms with van der Waals surface area (Å²) in [6.45, 7) is 10.1. The zero-order valence-electron chi connectivity index (χ0n) is 24.4. The summed E-state index contributed by atoms with van der Waals surface area (Å²) in [5.41, 5.74) is 2.50. The van der Waals surface area contributed by atoms with Crippen molar-refractivity contribution in [2.75, 3.05) is 26.2 Å². The molecule has 2 unspecified atom stereocenters. The molecule has 0 aromatic heterocycles. The van der Waals surface area contributed by atoms with Crippen molar-refractivity contribution in [2.24, 2.45) is 0 Å². The molecule has 2 N–H and O–H groups in total. The molecule has 6 rings (SSSR count). The van der Waals surface area contributed by atoms with Gasteiger partial charge in [0.15, 0.2) is 11.5 Å². The van der Waals surface area contributed by atoms with E-state index < -0.39 is 11.0 Å². The fourth-order valence-corrected chi connectivity index (χ4v) is 8.81. The molecule has 2 aromatic rings. The number of hydrogen-bond donors (Lipinski definition) is 2. The van der Waals surface area contributed by atoms with E-state index >= 15 is 0 Å². The maximum atomic E-state index is 12.7. The molecule has 2 fully saturated rings. The number of aromatic hydroxyl groups is 1. The van der Waals surface area contributed by atoms with Gasteiger partial charge in [-0.25, -0.2) is 0 Å². The van der Waals surface area contributed by atoms with Gasteiger partial charge >= 0.3 is 0 Å². The Labute approximate surface area is 240 Å². The van der Waals surface area contributed by atoms with Gasteiger partial charge in [0.05, 0.1) is 11.0 Å². The van der Waals surface area contributed by atoms with Gasteiger partial charge in [0.25, 0.3) is 0 Å². The van der Waals surface area contributed by atoms with Gasteiger partial charge in [0.2, 0.25) is 0 Å². The summed E-state index contributed by atoms with van der Waals surface area (Å²) in [5.74, 6) is 0.883. The van der Waals surface area contributed by atoms with Crippen LogP contribution in [0.15, 0.2) is 55.1 Å². The summed E-state index contributed by atoms with van der Waals surface area (Å²) in [6, 6.07) is 15.0. The average Bonchev–Trinajstić information content (AvgIpc) is 3.32. The molecule has 2 aliphatic carbocycles. The predicted octanol–water partition coefficient (Wildman–Crippen LogP) is 6.01. The van der Waals surface area contributed by atoms with Crippen molar-refractivity contribution in [2.45, 2.75) is 107 Å². The number of piperidine rings is 1. The number of nitrogens with zero attached hydrogens (tertiary/aromatic N) is 2. The number of aryl methyl sites for hydroxylation is 1. The van der Waals surface area contributed by atoms with Gasteiger partial charge in [0, 0.05) is 24.2 Å². The minimum Gasteiger partial charge on any atom is -0.504 e. The highest BCUT2D eigenvalue weighted by molar-refractivity contribution is 5.62. The first-order valence-electron chi connectivity index (χ1n) is 15.9. The third-order valence-corrected chi connectivity index (χ3v) is 10.7. The quantitative estimate of drug-likeness (QED) is 0.239. The Hall–Kier alpha value is -2.34. The Morgan fingerprint density at radius 2 is 1.85 bits per heavy atom. The van der Waals surface area contributed by atoms with E-state index in [0.717, 1.165) is 63.8 Å². The molecule has 2 aliphatic heterocycles. The average molecular weight is 545 g/mol. The van der Waals surface area contributed by atoms with E-state index in [1.54, 1.807) is 6.07 Å². The molecule has 5 atom stereocenters. The number of aliphatic hydroxyl groups is 1. The number of unbranched alkanes of at least 4 members (excludes halogenated alkanes) is 4. The van der Waals surface area contributed by atoms with Crippen LogP contribution < -0.4 is 4.74 Å². The molecule has 40 heavy (non-hydrogen) atoms. The molecule has 216 valence electrons. The number of benzene rings is 2. The minimum atomic E-state index is -0.852. The van der Waals surface area contributed by atoms with E-state index in [1.807, 2.05) is 6.08 Å². The molecular formula is C35H48N2O3. The van der Waals surface area contributed by atoms with Crippen LogP contribution in [0.3, 0.4) is 0 Å². The number of phenols is 1. The van der Waals surface area contributed by atoms with Gasteiger partial charge in [-0.05, 0) is 88.2 Å². The number of rotatable bonds is 13. The van der Waals surface area contributed by atoms with Crippen molar-refractivity contribution in [1.82, 2.24) is 9.80 Å². The number of hydrogen-bond acceptors (Lipinski definition) is 5. The molecule has 1 saturated carbocycles. The minimum absolute atomic E-state index is 0.0583. The van der Waals surface area contributed by atoms with E-state index in [4.69, 9.17) is 4.74 Å². The monoisotopic (exact) mass is 544 g/mol. The Morgan fingerprint density at radius 3 is 2.65 bits per heavy atom. The summed E-state index contributed by atoms with van der Waals surface area (Å²) < 4.78 is 6.85. The molecule has 1 saturated heterocycles. The second-order valence-electron chi connectivity index (χ2n) is 12.8. The lowest BCUT2D eigenvalue weighted by Crippen LogP contribution is -2.78. The van der Waals surface area contributed by atoms with Gasteiger partial charge in [-0.15, -0.1) is 6.58 Å². The summed E-state index contributed by atoms with van der Waals surface area (Å²) in [6.07, 6.45) is 13.7. The highest BCUT2D eigenvalue weighted by atomic mass is 16.5. The first-order valence-corrected chi connectivity index (χ1v) is 15.9. The summed E-state index contributed by atoms with van der Waals surface area (Å²) in [4.78, 5) is 5.13. The Balaban J connectivity index is 1.22. The Bertz CT molecular complexity index is 1180. The Kier molecular flexibility index (Phi) is 8.00. The van der Waals surface area contributed by atoms with E-state index in [0.29, 0.717) is 5.75 Å². The zero-order chi connectivity index (χ0) is 27.7. The molecular weight excluding hydrogens is 496 g/mol. The molecule has 0 radical (unpaired) electrons. The van der Waals surface area contributed by atoms with E-state index in [1.165, 1.54) is 49.7 Å². The van der Waals surface area contributed by atoms with Crippen LogP contribution in [0, 0.1) is 0 Å². The standard InChI is InChI=1S/C35H48N2O3/c1-3-5-22-36(23-12-7-6-9-13-26-14-10-8-11-15-26)28-18-19-35(39)30-25-27-16-17-29(38)32-31(27)34(35,33(28)40-32)20-24-37(30)21-4-2/h4,8,10-11,14-17,28,30,33,38-39H,2-3,5-7,9,12-13,18-25H2,1H3/t28?,30-,33?,34+,35-/m1/s1. The molecule has 2 aromatic carbocycles. The van der Waals surface area contributed by atoms with E-state index in [2.05, 4.69) is 59.7 Å². The van der Waals surface area contributed by atoms with Crippen LogP contribution in [0.5, 0.6) is 11.5 Å². The highest BCUT2D eigenvalue weighted by Crippen LogP contribution is 2.65. The second kappa shape index (κ2) is 11.5. The van der Waals surface area contributed by atoms with Gasteiger partial charge in [-0.1, -0.05) is 68.7 Å². The molecule has 5 nitrogen and oxygen atoms in total. The summed E-state index contributed by atoms with van der Waals surface area (Å²) in [5, 5.41) is 23.6. The van der Waals surface area contributed by atoms with Gasteiger partial charge in [-0.2, -0.15) is 0 Å². The fourth-order valence-electron chi connectivity index (χ4n) is 8.81. The second-order valence-corrected chi connectivity index (χ2v) is 12.8. The van der Waals surface area contributed by atoms with Crippen LogP contribution in [0.25, 0.3) is 0 Å². The van der Waals surface area contributed by atoms with Crippen molar-refractivity contribution < 1.29 is 14.9 Å². The molecule has 2 bridgehead atoms. The van der Waals surface area contributed by atoms with Crippen molar-refractivity contribution in [1.29, 1.82) is 0 Å². The first-order chi connectivity index (χ1) is 19.5. The van der Waals surface area contributed by atoms with Crippen molar-refractivity contribution in [3.63, 3.8) is 0 Å². The van der Waals surface area contributed by atoms with Crippen LogP contribution >= 0.6 is 0 Å². The lowest BCUT2D eigenvalue weighted by atomic mass is 9.48. The van der Waals surface area contributed by atoms with Crippen molar-refractivity contribution >= 4 is 0 Å². The molecule has 1 spiro atoms. The first kappa shape index (κ1) is 27.8. The van der Waals surface area contributed by atoms with Crippen LogP contribution in [-0.4, -0.2) is 70.0 Å². The third-order valence-electron chi connectivity index (χ3n) is 10.7. The van der Waals surface area contributed by atoms with Crippen molar-refractivity contribution in [3.8, 4) is 11.5 Å². The van der Waals surface area contributed by atoms with Gasteiger partial charge in [-0.3, -0.25) is 9.80 Å². The topological polar surface area (TPSA) is 56.2 Å². The maximum Gasteiger partial charge on any atom is 0.165 e. The normalized spacial score (nSPS) is 30.2. The summed E-state index contributed by atoms with van der Waals surface area (Å²) >= 11 is 0. The molecule has 4 aliphatic rings. The predicted molar refractivity (Wildman–Crippen MR) is 161 cm³/mol. The summed E-state index contributed by atoms with van der Waals surface area (Å²) in [7, 11) is 0. The van der Waals surface area contributed by atoms with Crippen LogP contribution in [0.2, 0.25) is 0 Å². The van der Waals surface area contributed by atoms with Crippen LogP contribution in [0.1, 0.15) is 81.4 Å². The van der Waals surface area contributed by atoms with E-state index in [-0.39, 0.29) is 23.9 Å². The van der Waals surface area contributed by atoms with Crippen LogP contribution in [0.4, 0.5) is 0 Å². The Morgan fingerprint density at radius 1 is 1.05 bits per heavy atom. The maximum absolute atomic E-state index is 12.7. The number of ether oxygens (including phenoxy) is 1. The lowest BCUT2D eigenvalue weighted by Gasteiger charge is -2.65. The fraction of sp³-hybridized carbons (Fsp3) is 0.600. The van der Waals surface area contributed by atoms with Crippen LogP contribution in [-0.2, 0) is 18.3 Å². The number of phenolic OH excluding ortho intramolecular Hbond substituents is 1. The zero-order valence-corrected chi connectivity index (χ0v) is 24.4. The third kappa shape index (κ3) is 4.49. The van der Waals surface area contributed by atoms with Gasteiger partial charge in [0.1, 0.15) is 6.10 Å². The lowest BCUT2D eigenvalue weighted by molar-refractivity contribution is -0.198. The SMILES string of the molecule is C=CCN1CC[C@]23c4c5ccc(O)c4OC2C(N(CCCC)CCCCCCc2ccccc2)CC[C@@]3(O)[C@H]1C5. The molecule has 2 heterocycles. The largest absolute Gasteiger partial charge is 0.504 e. The van der Waals surface area contributed by atoms with Gasteiger partial charge < -0.3 is 14.9 Å². The smallest absolute Gasteiger partial charge is 0.165 e. The van der Waals surface area contributed by atoms with E-state index in [9.17, 15) is 10.2 Å². The van der Waals surface area contributed by atoms with Crippen molar-refractivity contribution in [3.05, 3.63) is 71.8 Å². The number of likely N-dealkylation sites (tertiary alicyclic amines) is 1. The molecule has 0 amide bonds. The molecule has 5 heteroatoms. The highest BCUT2D eigenvalue weighted by Gasteiger charge is 2.73.